The van der Waals surface area contributed by atoms with Crippen molar-refractivity contribution in [1.29, 1.82) is 0 Å². The number of hydrogen-bond acceptors (Lipinski definition) is 2. The maximum absolute atomic E-state index is 11.7. The van der Waals surface area contributed by atoms with Crippen LogP contribution in [-0.2, 0) is 4.79 Å². The second-order valence-electron chi connectivity index (χ2n) is 5.67. The smallest absolute Gasteiger partial charge is 0.324 e. The molecule has 0 aromatic carbocycles. The van der Waals surface area contributed by atoms with Crippen molar-refractivity contribution >= 4 is 5.97 Å². The summed E-state index contributed by atoms with van der Waals surface area (Å²) in [6.45, 7) is 8.32. The summed E-state index contributed by atoms with van der Waals surface area (Å²) in [5.41, 5.74) is -0.694. The monoisotopic (exact) mass is 227 g/mol. The molecular weight excluding hydrogens is 202 g/mol. The SMILES string of the molecule is CC(C)NC1(C(=O)O)CCCCC1C(C)C. The normalized spacial score (nSPS) is 31.0. The third-order valence-electron chi connectivity index (χ3n) is 3.70. The van der Waals surface area contributed by atoms with E-state index in [9.17, 15) is 9.90 Å². The van der Waals surface area contributed by atoms with Crippen LogP contribution in [0.3, 0.4) is 0 Å². The van der Waals surface area contributed by atoms with Gasteiger partial charge >= 0.3 is 5.97 Å². The summed E-state index contributed by atoms with van der Waals surface area (Å²) >= 11 is 0. The van der Waals surface area contributed by atoms with E-state index in [0.717, 1.165) is 25.7 Å². The molecule has 1 saturated carbocycles. The molecule has 94 valence electrons. The molecule has 0 saturated heterocycles. The standard InChI is InChI=1S/C13H25NO2/c1-9(2)11-7-5-6-8-13(11,12(15)16)14-10(3)4/h9-11,14H,5-8H2,1-4H3,(H,15,16). The predicted octanol–water partition coefficient (Wildman–Crippen LogP) is 2.65. The molecule has 0 aliphatic heterocycles. The van der Waals surface area contributed by atoms with E-state index >= 15 is 0 Å². The van der Waals surface area contributed by atoms with E-state index in [2.05, 4.69) is 19.2 Å². The highest BCUT2D eigenvalue weighted by atomic mass is 16.4. The summed E-state index contributed by atoms with van der Waals surface area (Å²) in [7, 11) is 0. The Labute approximate surface area is 98.6 Å². The third kappa shape index (κ3) is 2.57. The molecule has 0 aromatic rings. The summed E-state index contributed by atoms with van der Waals surface area (Å²) in [4.78, 5) is 11.7. The van der Waals surface area contributed by atoms with Gasteiger partial charge < -0.3 is 5.11 Å². The van der Waals surface area contributed by atoms with Gasteiger partial charge in [-0.15, -0.1) is 0 Å². The number of aliphatic carboxylic acids is 1. The minimum absolute atomic E-state index is 0.218. The number of carbonyl (C=O) groups is 1. The maximum Gasteiger partial charge on any atom is 0.324 e. The average Bonchev–Trinajstić information content (AvgIpc) is 2.16. The Morgan fingerprint density at radius 3 is 2.38 bits per heavy atom. The first kappa shape index (κ1) is 13.5. The first-order chi connectivity index (χ1) is 7.40. The van der Waals surface area contributed by atoms with Crippen molar-refractivity contribution in [3.05, 3.63) is 0 Å². The molecule has 1 rings (SSSR count). The molecule has 2 N–H and O–H groups in total. The maximum atomic E-state index is 11.7. The van der Waals surface area contributed by atoms with Gasteiger partial charge in [-0.1, -0.05) is 26.7 Å². The molecule has 1 aliphatic rings. The Kier molecular flexibility index (Phi) is 4.36. The number of carboxylic acid groups (broad SMARTS) is 1. The van der Waals surface area contributed by atoms with Crippen molar-refractivity contribution in [3.63, 3.8) is 0 Å². The van der Waals surface area contributed by atoms with Crippen LogP contribution in [0.4, 0.5) is 0 Å². The fourth-order valence-corrected chi connectivity index (χ4v) is 3.12. The summed E-state index contributed by atoms with van der Waals surface area (Å²) in [6.07, 6.45) is 3.99. The molecule has 0 aromatic heterocycles. The quantitative estimate of drug-likeness (QED) is 0.776. The molecule has 0 radical (unpaired) electrons. The Hall–Kier alpha value is -0.570. The van der Waals surface area contributed by atoms with Crippen molar-refractivity contribution in [2.45, 2.75) is 65.0 Å². The summed E-state index contributed by atoms with van der Waals surface area (Å²) in [5.74, 6) is 0.00315. The van der Waals surface area contributed by atoms with E-state index in [-0.39, 0.29) is 12.0 Å². The van der Waals surface area contributed by atoms with Crippen LogP contribution in [0.1, 0.15) is 53.4 Å². The Morgan fingerprint density at radius 2 is 1.94 bits per heavy atom. The van der Waals surface area contributed by atoms with Crippen molar-refractivity contribution in [2.24, 2.45) is 11.8 Å². The molecule has 16 heavy (non-hydrogen) atoms. The summed E-state index contributed by atoms with van der Waals surface area (Å²) < 4.78 is 0. The summed E-state index contributed by atoms with van der Waals surface area (Å²) in [6, 6.07) is 0.218. The lowest BCUT2D eigenvalue weighted by molar-refractivity contribution is -0.151. The number of rotatable bonds is 4. The van der Waals surface area contributed by atoms with Crippen LogP contribution < -0.4 is 5.32 Å². The van der Waals surface area contributed by atoms with Gasteiger partial charge in [0.1, 0.15) is 5.54 Å². The molecular formula is C13H25NO2. The Balaban J connectivity index is 2.98. The highest BCUT2D eigenvalue weighted by molar-refractivity contribution is 5.79. The van der Waals surface area contributed by atoms with E-state index < -0.39 is 11.5 Å². The van der Waals surface area contributed by atoms with Crippen molar-refractivity contribution < 1.29 is 9.90 Å². The lowest BCUT2D eigenvalue weighted by atomic mass is 9.67. The number of carboxylic acids is 1. The Bertz CT molecular complexity index is 250. The van der Waals surface area contributed by atoms with Gasteiger partial charge in [-0.3, -0.25) is 10.1 Å². The largest absolute Gasteiger partial charge is 0.480 e. The molecule has 1 aliphatic carbocycles. The highest BCUT2D eigenvalue weighted by Crippen LogP contribution is 2.39. The second-order valence-corrected chi connectivity index (χ2v) is 5.67. The topological polar surface area (TPSA) is 49.3 Å². The fourth-order valence-electron chi connectivity index (χ4n) is 3.12. The van der Waals surface area contributed by atoms with E-state index in [0.29, 0.717) is 5.92 Å². The number of nitrogens with one attached hydrogen (secondary N) is 1. The zero-order valence-electron chi connectivity index (χ0n) is 10.9. The predicted molar refractivity (Wildman–Crippen MR) is 65.4 cm³/mol. The van der Waals surface area contributed by atoms with Crippen molar-refractivity contribution in [3.8, 4) is 0 Å². The van der Waals surface area contributed by atoms with Gasteiger partial charge in [-0.05, 0) is 38.5 Å². The van der Waals surface area contributed by atoms with E-state index in [1.807, 2.05) is 13.8 Å². The van der Waals surface area contributed by atoms with Gasteiger partial charge in [0, 0.05) is 6.04 Å². The zero-order chi connectivity index (χ0) is 12.3. The first-order valence-corrected chi connectivity index (χ1v) is 6.41. The van der Waals surface area contributed by atoms with E-state index in [1.54, 1.807) is 0 Å². The van der Waals surface area contributed by atoms with Gasteiger partial charge in [-0.2, -0.15) is 0 Å². The fraction of sp³-hybridized carbons (Fsp3) is 0.923. The van der Waals surface area contributed by atoms with Crippen LogP contribution in [-0.4, -0.2) is 22.7 Å². The molecule has 0 amide bonds. The number of hydrogen-bond donors (Lipinski definition) is 2. The highest BCUT2D eigenvalue weighted by Gasteiger charge is 2.48. The van der Waals surface area contributed by atoms with Crippen LogP contribution in [0.2, 0.25) is 0 Å². The summed E-state index contributed by atoms with van der Waals surface area (Å²) in [5, 5.41) is 12.9. The minimum Gasteiger partial charge on any atom is -0.480 e. The van der Waals surface area contributed by atoms with Crippen molar-refractivity contribution in [2.75, 3.05) is 0 Å². The second kappa shape index (κ2) is 5.17. The van der Waals surface area contributed by atoms with Crippen molar-refractivity contribution in [1.82, 2.24) is 5.32 Å². The zero-order valence-corrected chi connectivity index (χ0v) is 10.9. The van der Waals surface area contributed by atoms with Crippen LogP contribution in [0.5, 0.6) is 0 Å². The van der Waals surface area contributed by atoms with Crippen LogP contribution in [0.15, 0.2) is 0 Å². The minimum atomic E-state index is -0.694. The first-order valence-electron chi connectivity index (χ1n) is 6.41. The lowest BCUT2D eigenvalue weighted by Gasteiger charge is -2.44. The Morgan fingerprint density at radius 1 is 1.31 bits per heavy atom. The van der Waals surface area contributed by atoms with Gasteiger partial charge in [0.05, 0.1) is 0 Å². The van der Waals surface area contributed by atoms with Gasteiger partial charge in [0.25, 0.3) is 0 Å². The molecule has 2 unspecified atom stereocenters. The van der Waals surface area contributed by atoms with Gasteiger partial charge in [0.2, 0.25) is 0 Å². The molecule has 0 spiro atoms. The molecule has 0 bridgehead atoms. The molecule has 3 heteroatoms. The lowest BCUT2D eigenvalue weighted by Crippen LogP contribution is -2.62. The third-order valence-corrected chi connectivity index (χ3v) is 3.70. The molecule has 2 atom stereocenters. The molecule has 1 fully saturated rings. The van der Waals surface area contributed by atoms with Crippen LogP contribution >= 0.6 is 0 Å². The molecule has 3 nitrogen and oxygen atoms in total. The average molecular weight is 227 g/mol. The van der Waals surface area contributed by atoms with Gasteiger partial charge in [-0.25, -0.2) is 0 Å². The van der Waals surface area contributed by atoms with E-state index in [4.69, 9.17) is 0 Å². The van der Waals surface area contributed by atoms with Gasteiger partial charge in [0.15, 0.2) is 0 Å². The van der Waals surface area contributed by atoms with Crippen LogP contribution in [0, 0.1) is 11.8 Å². The van der Waals surface area contributed by atoms with Crippen LogP contribution in [0.25, 0.3) is 0 Å². The van der Waals surface area contributed by atoms with E-state index in [1.165, 1.54) is 0 Å². The molecule has 0 heterocycles.